The molecule has 2 amide bonds. The fourth-order valence-electron chi connectivity index (χ4n) is 1.99. The number of hydrogen-bond acceptors (Lipinski definition) is 3. The Bertz CT molecular complexity index is 582. The number of anilines is 1. The number of aromatic amines is 1. The van der Waals surface area contributed by atoms with E-state index in [2.05, 4.69) is 10.3 Å². The van der Waals surface area contributed by atoms with Crippen LogP contribution in [0.3, 0.4) is 0 Å². The van der Waals surface area contributed by atoms with E-state index in [0.29, 0.717) is 0 Å². The maximum atomic E-state index is 12.0. The molecule has 6 heteroatoms. The highest BCUT2D eigenvalue weighted by molar-refractivity contribution is 5.92. The monoisotopic (exact) mass is 277 g/mol. The highest BCUT2D eigenvalue weighted by atomic mass is 16.5. The number of methoxy groups -OCH3 is 1. The van der Waals surface area contributed by atoms with E-state index < -0.39 is 6.10 Å². The van der Waals surface area contributed by atoms with Gasteiger partial charge in [-0.2, -0.15) is 0 Å². The van der Waals surface area contributed by atoms with Crippen LogP contribution in [0.15, 0.2) is 30.5 Å². The number of rotatable bonds is 5. The highest BCUT2D eigenvalue weighted by Gasteiger charge is 2.13. The van der Waals surface area contributed by atoms with Gasteiger partial charge in [-0.1, -0.05) is 0 Å². The molecule has 2 rings (SSSR count). The number of aliphatic hydroxyl groups is 1. The van der Waals surface area contributed by atoms with Gasteiger partial charge in [0.1, 0.15) is 0 Å². The van der Waals surface area contributed by atoms with E-state index in [-0.39, 0.29) is 19.2 Å². The molecule has 0 fully saturated rings. The SMILES string of the molecule is COCC(O)CN(C)C(=O)Nc1ccc2[nH]ccc2c1. The molecule has 0 bridgehead atoms. The van der Waals surface area contributed by atoms with Gasteiger partial charge in [0.15, 0.2) is 0 Å². The van der Waals surface area contributed by atoms with Crippen LogP contribution in [0, 0.1) is 0 Å². The summed E-state index contributed by atoms with van der Waals surface area (Å²) in [4.78, 5) is 16.5. The Morgan fingerprint density at radius 1 is 1.50 bits per heavy atom. The van der Waals surface area contributed by atoms with Crippen LogP contribution in [-0.2, 0) is 4.74 Å². The Morgan fingerprint density at radius 3 is 3.05 bits per heavy atom. The minimum absolute atomic E-state index is 0.201. The third kappa shape index (κ3) is 3.49. The van der Waals surface area contributed by atoms with Gasteiger partial charge in [0.2, 0.25) is 0 Å². The van der Waals surface area contributed by atoms with Gasteiger partial charge in [0, 0.05) is 36.9 Å². The zero-order valence-electron chi connectivity index (χ0n) is 11.6. The van der Waals surface area contributed by atoms with Crippen molar-refractivity contribution in [2.45, 2.75) is 6.10 Å². The molecule has 2 aromatic rings. The minimum atomic E-state index is -0.692. The van der Waals surface area contributed by atoms with Crippen LogP contribution in [0.4, 0.5) is 10.5 Å². The van der Waals surface area contributed by atoms with Crippen LogP contribution in [0.1, 0.15) is 0 Å². The number of nitrogens with zero attached hydrogens (tertiary/aromatic N) is 1. The summed E-state index contributed by atoms with van der Waals surface area (Å²) in [6.07, 6.45) is 1.16. The second-order valence-corrected chi connectivity index (χ2v) is 4.70. The van der Waals surface area contributed by atoms with Gasteiger partial charge in [-0.05, 0) is 24.3 Å². The summed E-state index contributed by atoms with van der Waals surface area (Å²) < 4.78 is 4.83. The van der Waals surface area contributed by atoms with Gasteiger partial charge in [0.25, 0.3) is 0 Å². The van der Waals surface area contributed by atoms with Crippen molar-refractivity contribution in [1.82, 2.24) is 9.88 Å². The number of H-pyrrole nitrogens is 1. The average Bonchev–Trinajstić information content (AvgIpc) is 2.86. The van der Waals surface area contributed by atoms with Crippen molar-refractivity contribution < 1.29 is 14.6 Å². The van der Waals surface area contributed by atoms with Crippen LogP contribution >= 0.6 is 0 Å². The fourth-order valence-corrected chi connectivity index (χ4v) is 1.99. The van der Waals surface area contributed by atoms with Crippen LogP contribution in [0.5, 0.6) is 0 Å². The first-order chi connectivity index (χ1) is 9.60. The second-order valence-electron chi connectivity index (χ2n) is 4.70. The smallest absolute Gasteiger partial charge is 0.321 e. The summed E-state index contributed by atoms with van der Waals surface area (Å²) >= 11 is 0. The molecule has 1 heterocycles. The number of aliphatic hydroxyl groups excluding tert-OH is 1. The lowest BCUT2D eigenvalue weighted by Gasteiger charge is -2.21. The zero-order valence-corrected chi connectivity index (χ0v) is 11.6. The first kappa shape index (κ1) is 14.4. The number of hydrogen-bond donors (Lipinski definition) is 3. The maximum absolute atomic E-state index is 12.0. The molecule has 0 aliphatic heterocycles. The molecule has 0 aliphatic carbocycles. The van der Waals surface area contributed by atoms with Crippen LogP contribution in [-0.4, -0.2) is 54.4 Å². The predicted octanol–water partition coefficient (Wildman–Crippen LogP) is 1.64. The number of amides is 2. The van der Waals surface area contributed by atoms with Gasteiger partial charge >= 0.3 is 6.03 Å². The van der Waals surface area contributed by atoms with E-state index in [9.17, 15) is 9.90 Å². The summed E-state index contributed by atoms with van der Waals surface area (Å²) in [5, 5.41) is 13.4. The van der Waals surface area contributed by atoms with E-state index in [4.69, 9.17) is 4.74 Å². The summed E-state index contributed by atoms with van der Waals surface area (Å²) in [6, 6.07) is 7.30. The Morgan fingerprint density at radius 2 is 2.30 bits per heavy atom. The Hall–Kier alpha value is -2.05. The number of urea groups is 1. The van der Waals surface area contributed by atoms with E-state index >= 15 is 0 Å². The molecule has 6 nitrogen and oxygen atoms in total. The molecule has 0 spiro atoms. The molecule has 0 radical (unpaired) electrons. The normalized spacial score (nSPS) is 12.3. The number of nitrogens with one attached hydrogen (secondary N) is 2. The van der Waals surface area contributed by atoms with Crippen LogP contribution in [0.2, 0.25) is 0 Å². The molecule has 20 heavy (non-hydrogen) atoms. The van der Waals surface area contributed by atoms with Gasteiger partial charge < -0.3 is 25.0 Å². The molecule has 1 atom stereocenters. The van der Waals surface area contributed by atoms with Crippen LogP contribution < -0.4 is 5.32 Å². The Balaban J connectivity index is 1.96. The third-order valence-electron chi connectivity index (χ3n) is 2.99. The molecule has 1 unspecified atom stereocenters. The number of aromatic nitrogens is 1. The molecular weight excluding hydrogens is 258 g/mol. The molecule has 108 valence electrons. The number of carbonyl (C=O) groups excluding carboxylic acids is 1. The van der Waals surface area contributed by atoms with Crippen molar-refractivity contribution in [3.8, 4) is 0 Å². The first-order valence-electron chi connectivity index (χ1n) is 6.36. The summed E-state index contributed by atoms with van der Waals surface area (Å²) in [7, 11) is 3.14. The average molecular weight is 277 g/mol. The standard InChI is InChI=1S/C14H19N3O3/c1-17(8-12(18)9-20-2)14(19)16-11-3-4-13-10(7-11)5-6-15-13/h3-7,12,15,18H,8-9H2,1-2H3,(H,16,19). The van der Waals surface area contributed by atoms with Crippen molar-refractivity contribution in [3.05, 3.63) is 30.5 Å². The Kier molecular flexibility index (Phi) is 4.60. The third-order valence-corrected chi connectivity index (χ3v) is 2.99. The van der Waals surface area contributed by atoms with Crippen molar-refractivity contribution >= 4 is 22.6 Å². The van der Waals surface area contributed by atoms with Crippen molar-refractivity contribution in [1.29, 1.82) is 0 Å². The number of likely N-dealkylation sites (N-methyl/N-ethyl adjacent to an activating group) is 1. The zero-order chi connectivity index (χ0) is 14.5. The molecule has 0 saturated carbocycles. The lowest BCUT2D eigenvalue weighted by molar-refractivity contribution is 0.0501. The van der Waals surface area contributed by atoms with Gasteiger partial charge in [-0.3, -0.25) is 0 Å². The number of ether oxygens (including phenoxy) is 1. The lowest BCUT2D eigenvalue weighted by atomic mass is 10.2. The minimum Gasteiger partial charge on any atom is -0.389 e. The van der Waals surface area contributed by atoms with Gasteiger partial charge in [-0.15, -0.1) is 0 Å². The van der Waals surface area contributed by atoms with Crippen molar-refractivity contribution in [2.75, 3.05) is 32.6 Å². The summed E-state index contributed by atoms with van der Waals surface area (Å²) in [5.74, 6) is 0. The van der Waals surface area contributed by atoms with E-state index in [1.807, 2.05) is 30.5 Å². The van der Waals surface area contributed by atoms with Crippen molar-refractivity contribution in [2.24, 2.45) is 0 Å². The maximum Gasteiger partial charge on any atom is 0.321 e. The van der Waals surface area contributed by atoms with Gasteiger partial charge in [-0.25, -0.2) is 4.79 Å². The second kappa shape index (κ2) is 6.40. The van der Waals surface area contributed by atoms with E-state index in [0.717, 1.165) is 16.6 Å². The quantitative estimate of drug-likeness (QED) is 0.777. The first-order valence-corrected chi connectivity index (χ1v) is 6.36. The molecule has 1 aromatic carbocycles. The highest BCUT2D eigenvalue weighted by Crippen LogP contribution is 2.18. The summed E-state index contributed by atoms with van der Waals surface area (Å²) in [5.41, 5.74) is 1.74. The lowest BCUT2D eigenvalue weighted by Crippen LogP contribution is -2.38. The molecule has 1 aromatic heterocycles. The Labute approximate surface area is 117 Å². The van der Waals surface area contributed by atoms with E-state index in [1.165, 1.54) is 12.0 Å². The van der Waals surface area contributed by atoms with Crippen LogP contribution in [0.25, 0.3) is 10.9 Å². The number of fused-ring (bicyclic) bond motifs is 1. The predicted molar refractivity (Wildman–Crippen MR) is 77.8 cm³/mol. The molecular formula is C14H19N3O3. The van der Waals surface area contributed by atoms with Gasteiger partial charge in [0.05, 0.1) is 19.3 Å². The van der Waals surface area contributed by atoms with E-state index in [1.54, 1.807) is 7.05 Å². The fraction of sp³-hybridized carbons (Fsp3) is 0.357. The number of carbonyl (C=O) groups is 1. The number of benzene rings is 1. The molecule has 3 N–H and O–H groups in total. The molecule has 0 aliphatic rings. The van der Waals surface area contributed by atoms with Crippen molar-refractivity contribution in [3.63, 3.8) is 0 Å². The largest absolute Gasteiger partial charge is 0.389 e. The topological polar surface area (TPSA) is 77.6 Å². The molecule has 0 saturated heterocycles. The summed E-state index contributed by atoms with van der Waals surface area (Å²) in [6.45, 7) is 0.416.